The van der Waals surface area contributed by atoms with Crippen LogP contribution in [0.25, 0.3) is 78.7 Å². The molecule has 0 bridgehead atoms. The Labute approximate surface area is 343 Å². The topological polar surface area (TPSA) is 57.1 Å². The molecule has 8 aromatic carbocycles. The molecule has 0 fully saturated rings. The molecule has 0 saturated carbocycles. The lowest BCUT2D eigenvalue weighted by Crippen LogP contribution is -2.15. The van der Waals surface area contributed by atoms with Gasteiger partial charge in [-0.2, -0.15) is 0 Å². The molecule has 1 aliphatic heterocycles. The van der Waals surface area contributed by atoms with Crippen molar-refractivity contribution in [2.75, 3.05) is 0 Å². The third-order valence-corrected chi connectivity index (χ3v) is 11.6. The fourth-order valence-electron chi connectivity index (χ4n) is 8.44. The molecule has 0 amide bonds. The van der Waals surface area contributed by atoms with Crippen molar-refractivity contribution in [2.45, 2.75) is 19.3 Å². The minimum atomic E-state index is -0.125. The third kappa shape index (κ3) is 6.16. The van der Waals surface area contributed by atoms with Crippen LogP contribution in [0.3, 0.4) is 0 Å². The summed E-state index contributed by atoms with van der Waals surface area (Å²) >= 11 is 0. The maximum absolute atomic E-state index is 6.61. The Morgan fingerprint density at radius 1 is 0.305 bits per heavy atom. The molecule has 5 nitrogen and oxygen atoms in total. The van der Waals surface area contributed by atoms with Crippen LogP contribution >= 0.6 is 0 Å². The van der Waals surface area contributed by atoms with Crippen LogP contribution in [0.1, 0.15) is 25.0 Å². The summed E-state index contributed by atoms with van der Waals surface area (Å²) in [6, 6.07) is 64.9. The van der Waals surface area contributed by atoms with Crippen LogP contribution in [0.2, 0.25) is 0 Å². The van der Waals surface area contributed by atoms with Gasteiger partial charge in [-0.1, -0.05) is 172 Å². The average Bonchev–Trinajstić information content (AvgIpc) is 3.52. The molecule has 9 aromatic rings. The zero-order chi connectivity index (χ0) is 39.5. The van der Waals surface area contributed by atoms with Gasteiger partial charge in [-0.15, -0.1) is 0 Å². The van der Waals surface area contributed by atoms with Crippen molar-refractivity contribution in [1.29, 1.82) is 0 Å². The SMILES string of the molecule is CC1(C)c2ccccc2-c2cc3c(cc21)Oc1ccc(-c2cccc(-c4nc(-c5ccc(-c6ccccc6)cc5)nc(-c5ccc(-c6ccccc6)cc5)n4)c2)cc1O3. The first-order chi connectivity index (χ1) is 28.9. The van der Waals surface area contributed by atoms with Crippen molar-refractivity contribution in [3.63, 3.8) is 0 Å². The molecule has 2 aliphatic rings. The summed E-state index contributed by atoms with van der Waals surface area (Å²) in [6.45, 7) is 4.54. The Kier molecular flexibility index (Phi) is 8.09. The second kappa shape index (κ2) is 13.8. The van der Waals surface area contributed by atoms with Crippen molar-refractivity contribution in [3.05, 3.63) is 199 Å². The van der Waals surface area contributed by atoms with Crippen molar-refractivity contribution >= 4 is 0 Å². The molecular formula is C54H37N3O2. The van der Waals surface area contributed by atoms with Crippen LogP contribution in [-0.4, -0.2) is 15.0 Å². The lowest BCUT2D eigenvalue weighted by Gasteiger charge is -2.25. The predicted octanol–water partition coefficient (Wildman–Crippen LogP) is 14.1. The highest BCUT2D eigenvalue weighted by Crippen LogP contribution is 2.55. The molecule has 0 N–H and O–H groups in total. The Bertz CT molecular complexity index is 2950. The van der Waals surface area contributed by atoms with Gasteiger partial charge in [0, 0.05) is 22.1 Å². The van der Waals surface area contributed by atoms with Crippen LogP contribution < -0.4 is 9.47 Å². The zero-order valence-electron chi connectivity index (χ0n) is 32.6. The maximum atomic E-state index is 6.61. The van der Waals surface area contributed by atoms with Crippen LogP contribution in [-0.2, 0) is 5.41 Å². The standard InChI is InChI=1S/C54H37N3O2/c1-54(2)45-19-10-9-18-43(45)44-32-49-50(33-46(44)54)58-47-29-28-41(31-48(47)59-49)40-16-11-17-42(30-40)53-56-51(38-24-20-36(21-25-38)34-12-5-3-6-13-34)55-52(57-53)39-26-22-37(23-27-39)35-14-7-4-8-15-35/h3-33H,1-2H3. The van der Waals surface area contributed by atoms with E-state index in [4.69, 9.17) is 24.4 Å². The molecule has 2 heterocycles. The normalized spacial score (nSPS) is 13.0. The van der Waals surface area contributed by atoms with E-state index < -0.39 is 0 Å². The fourth-order valence-corrected chi connectivity index (χ4v) is 8.44. The lowest BCUT2D eigenvalue weighted by molar-refractivity contribution is 0.359. The summed E-state index contributed by atoms with van der Waals surface area (Å²) in [4.78, 5) is 15.2. The summed E-state index contributed by atoms with van der Waals surface area (Å²) in [5.74, 6) is 4.62. The zero-order valence-corrected chi connectivity index (χ0v) is 32.6. The highest BCUT2D eigenvalue weighted by molar-refractivity contribution is 5.84. The van der Waals surface area contributed by atoms with E-state index in [0.717, 1.165) is 55.8 Å². The maximum Gasteiger partial charge on any atom is 0.170 e. The highest BCUT2D eigenvalue weighted by atomic mass is 16.6. The van der Waals surface area contributed by atoms with E-state index in [2.05, 4.69) is 178 Å². The first-order valence-corrected chi connectivity index (χ1v) is 19.9. The highest BCUT2D eigenvalue weighted by Gasteiger charge is 2.37. The quantitative estimate of drug-likeness (QED) is 0.169. The first kappa shape index (κ1) is 34.6. The number of ether oxygens (including phenoxy) is 2. The van der Waals surface area contributed by atoms with Crippen LogP contribution in [0.4, 0.5) is 0 Å². The van der Waals surface area contributed by atoms with Gasteiger partial charge in [-0.3, -0.25) is 0 Å². The summed E-state index contributed by atoms with van der Waals surface area (Å²) < 4.78 is 13.1. The number of rotatable bonds is 6. The molecule has 0 atom stereocenters. The van der Waals surface area contributed by atoms with E-state index in [-0.39, 0.29) is 5.41 Å². The summed E-state index contributed by atoms with van der Waals surface area (Å²) in [5.41, 5.74) is 14.2. The van der Waals surface area contributed by atoms with E-state index in [1.165, 1.54) is 22.3 Å². The summed E-state index contributed by atoms with van der Waals surface area (Å²) in [6.07, 6.45) is 0. The Hall–Kier alpha value is -7.63. The fraction of sp³-hybridized carbons (Fsp3) is 0.0556. The van der Waals surface area contributed by atoms with Gasteiger partial charge in [0.05, 0.1) is 0 Å². The molecule has 1 aromatic heterocycles. The Morgan fingerprint density at radius 3 is 1.39 bits per heavy atom. The molecule has 0 radical (unpaired) electrons. The van der Waals surface area contributed by atoms with Gasteiger partial charge in [0.1, 0.15) is 0 Å². The van der Waals surface area contributed by atoms with Gasteiger partial charge in [0.25, 0.3) is 0 Å². The lowest BCUT2D eigenvalue weighted by atomic mass is 9.82. The van der Waals surface area contributed by atoms with Gasteiger partial charge < -0.3 is 9.47 Å². The van der Waals surface area contributed by atoms with Gasteiger partial charge in [0.2, 0.25) is 0 Å². The van der Waals surface area contributed by atoms with E-state index >= 15 is 0 Å². The molecule has 1 aliphatic carbocycles. The van der Waals surface area contributed by atoms with Crippen LogP contribution in [0.5, 0.6) is 23.0 Å². The van der Waals surface area contributed by atoms with Crippen molar-refractivity contribution in [2.24, 2.45) is 0 Å². The minimum Gasteiger partial charge on any atom is -0.450 e. The molecule has 0 unspecified atom stereocenters. The molecule has 5 heteroatoms. The minimum absolute atomic E-state index is 0.125. The number of hydrogen-bond acceptors (Lipinski definition) is 5. The van der Waals surface area contributed by atoms with Gasteiger partial charge >= 0.3 is 0 Å². The number of benzene rings is 8. The van der Waals surface area contributed by atoms with E-state index in [1.807, 2.05) is 24.3 Å². The van der Waals surface area contributed by atoms with Crippen molar-refractivity contribution in [3.8, 4) is 102 Å². The number of aromatic nitrogens is 3. The van der Waals surface area contributed by atoms with Gasteiger partial charge in [-0.25, -0.2) is 15.0 Å². The smallest absolute Gasteiger partial charge is 0.170 e. The van der Waals surface area contributed by atoms with Crippen molar-refractivity contribution in [1.82, 2.24) is 15.0 Å². The van der Waals surface area contributed by atoms with Crippen LogP contribution in [0.15, 0.2) is 188 Å². The molecular weight excluding hydrogens is 723 g/mol. The van der Waals surface area contributed by atoms with Crippen LogP contribution in [0, 0.1) is 0 Å². The van der Waals surface area contributed by atoms with E-state index in [1.54, 1.807) is 0 Å². The number of nitrogens with zero attached hydrogens (tertiary/aromatic N) is 3. The second-order valence-corrected chi connectivity index (χ2v) is 15.7. The third-order valence-electron chi connectivity index (χ3n) is 11.6. The molecule has 280 valence electrons. The monoisotopic (exact) mass is 759 g/mol. The van der Waals surface area contributed by atoms with E-state index in [0.29, 0.717) is 34.7 Å². The molecule has 11 rings (SSSR count). The molecule has 0 saturated heterocycles. The van der Waals surface area contributed by atoms with Gasteiger partial charge in [-0.05, 0) is 86.0 Å². The van der Waals surface area contributed by atoms with Crippen molar-refractivity contribution < 1.29 is 9.47 Å². The second-order valence-electron chi connectivity index (χ2n) is 15.7. The van der Waals surface area contributed by atoms with E-state index in [9.17, 15) is 0 Å². The summed E-state index contributed by atoms with van der Waals surface area (Å²) in [7, 11) is 0. The van der Waals surface area contributed by atoms with Gasteiger partial charge in [0.15, 0.2) is 40.5 Å². The number of hydrogen-bond donors (Lipinski definition) is 0. The Morgan fingerprint density at radius 2 is 0.746 bits per heavy atom. The summed E-state index contributed by atoms with van der Waals surface area (Å²) in [5, 5.41) is 0. The first-order valence-electron chi connectivity index (χ1n) is 19.9. The number of fused-ring (bicyclic) bond motifs is 5. The molecule has 59 heavy (non-hydrogen) atoms. The predicted molar refractivity (Wildman–Crippen MR) is 237 cm³/mol. The molecule has 0 spiro atoms. The average molecular weight is 760 g/mol. The Balaban J connectivity index is 0.948. The largest absolute Gasteiger partial charge is 0.450 e.